The van der Waals surface area contributed by atoms with E-state index in [1.165, 1.54) is 0 Å². The first-order valence-corrected chi connectivity index (χ1v) is 3.92. The Morgan fingerprint density at radius 2 is 2.36 bits per heavy atom. The van der Waals surface area contributed by atoms with Gasteiger partial charge in [0.05, 0.1) is 19.8 Å². The predicted molar refractivity (Wildman–Crippen MR) is 40.4 cm³/mol. The van der Waals surface area contributed by atoms with Gasteiger partial charge < -0.3 is 14.3 Å². The highest BCUT2D eigenvalue weighted by Gasteiger charge is 2.36. The summed E-state index contributed by atoms with van der Waals surface area (Å²) in [6.07, 6.45) is 1.84. The Labute approximate surface area is 66.7 Å². The van der Waals surface area contributed by atoms with Gasteiger partial charge in [0.2, 0.25) is 0 Å². The standard InChI is InChI=1S/C8H14O3/c1-2-8(6-11-7-8)5-10-4-3-9/h3H,2,4-7H2,1H3. The molecule has 0 spiro atoms. The minimum absolute atomic E-state index is 0.210. The number of hydrogen-bond acceptors (Lipinski definition) is 3. The van der Waals surface area contributed by atoms with E-state index in [-0.39, 0.29) is 12.0 Å². The summed E-state index contributed by atoms with van der Waals surface area (Å²) in [5.74, 6) is 0. The van der Waals surface area contributed by atoms with Gasteiger partial charge in [-0.25, -0.2) is 0 Å². The van der Waals surface area contributed by atoms with Crippen LogP contribution in [0.25, 0.3) is 0 Å². The molecule has 11 heavy (non-hydrogen) atoms. The molecule has 0 aliphatic carbocycles. The van der Waals surface area contributed by atoms with Gasteiger partial charge in [0.25, 0.3) is 0 Å². The van der Waals surface area contributed by atoms with Gasteiger partial charge in [-0.05, 0) is 6.42 Å². The van der Waals surface area contributed by atoms with Crippen molar-refractivity contribution in [2.24, 2.45) is 5.41 Å². The lowest BCUT2D eigenvalue weighted by Gasteiger charge is -2.40. The first-order chi connectivity index (χ1) is 5.33. The maximum absolute atomic E-state index is 9.93. The lowest BCUT2D eigenvalue weighted by molar-refractivity contribution is -0.151. The summed E-state index contributed by atoms with van der Waals surface area (Å²) in [6, 6.07) is 0. The maximum atomic E-state index is 9.93. The first kappa shape index (κ1) is 8.68. The average Bonchev–Trinajstić information content (AvgIpc) is 1.95. The fourth-order valence-corrected chi connectivity index (χ4v) is 1.10. The second-order valence-electron chi connectivity index (χ2n) is 3.03. The van der Waals surface area contributed by atoms with Crippen molar-refractivity contribution < 1.29 is 14.3 Å². The monoisotopic (exact) mass is 158 g/mol. The van der Waals surface area contributed by atoms with Crippen LogP contribution in [0.15, 0.2) is 0 Å². The van der Waals surface area contributed by atoms with Crippen molar-refractivity contribution in [3.05, 3.63) is 0 Å². The van der Waals surface area contributed by atoms with E-state index in [1.807, 2.05) is 0 Å². The Kier molecular flexibility index (Phi) is 3.02. The van der Waals surface area contributed by atoms with E-state index in [4.69, 9.17) is 9.47 Å². The van der Waals surface area contributed by atoms with E-state index in [0.29, 0.717) is 6.61 Å². The zero-order chi connectivity index (χ0) is 8.16. The molecule has 0 saturated carbocycles. The molecule has 1 heterocycles. The number of carbonyl (C=O) groups is 1. The molecule has 64 valence electrons. The van der Waals surface area contributed by atoms with E-state index in [2.05, 4.69) is 6.92 Å². The number of rotatable bonds is 5. The van der Waals surface area contributed by atoms with E-state index in [1.54, 1.807) is 0 Å². The van der Waals surface area contributed by atoms with Gasteiger partial charge in [-0.2, -0.15) is 0 Å². The predicted octanol–water partition coefficient (Wildman–Crippen LogP) is 0.629. The van der Waals surface area contributed by atoms with Crippen LogP contribution in [0, 0.1) is 5.41 Å². The first-order valence-electron chi connectivity index (χ1n) is 3.92. The minimum atomic E-state index is 0.210. The molecule has 0 unspecified atom stereocenters. The molecular formula is C8H14O3. The highest BCUT2D eigenvalue weighted by atomic mass is 16.5. The van der Waals surface area contributed by atoms with E-state index in [0.717, 1.165) is 25.9 Å². The Morgan fingerprint density at radius 1 is 1.64 bits per heavy atom. The largest absolute Gasteiger partial charge is 0.380 e. The number of hydrogen-bond donors (Lipinski definition) is 0. The summed E-state index contributed by atoms with van der Waals surface area (Å²) >= 11 is 0. The van der Waals surface area contributed by atoms with Crippen LogP contribution in [0.3, 0.4) is 0 Å². The van der Waals surface area contributed by atoms with Crippen molar-refractivity contribution >= 4 is 6.29 Å². The highest BCUT2D eigenvalue weighted by molar-refractivity contribution is 5.50. The SMILES string of the molecule is CCC1(COCC=O)COC1. The molecule has 0 radical (unpaired) electrons. The van der Waals surface area contributed by atoms with Crippen LogP contribution in [0.2, 0.25) is 0 Å². The molecule has 0 amide bonds. The molecule has 3 nitrogen and oxygen atoms in total. The fraction of sp³-hybridized carbons (Fsp3) is 0.875. The topological polar surface area (TPSA) is 35.5 Å². The summed E-state index contributed by atoms with van der Waals surface area (Å²) in [6.45, 7) is 4.54. The van der Waals surface area contributed by atoms with Crippen LogP contribution >= 0.6 is 0 Å². The molecule has 0 aromatic rings. The fourth-order valence-electron chi connectivity index (χ4n) is 1.10. The lowest BCUT2D eigenvalue weighted by Crippen LogP contribution is -2.45. The van der Waals surface area contributed by atoms with Gasteiger partial charge in [0.15, 0.2) is 0 Å². The third-order valence-electron chi connectivity index (χ3n) is 2.16. The number of aldehydes is 1. The van der Waals surface area contributed by atoms with Gasteiger partial charge in [-0.1, -0.05) is 6.92 Å². The third-order valence-corrected chi connectivity index (χ3v) is 2.16. The molecule has 1 fully saturated rings. The zero-order valence-electron chi connectivity index (χ0n) is 6.84. The molecule has 3 heteroatoms. The molecule has 0 aromatic carbocycles. The summed E-state index contributed by atoms with van der Waals surface area (Å²) in [7, 11) is 0. The van der Waals surface area contributed by atoms with Crippen molar-refractivity contribution in [1.29, 1.82) is 0 Å². The Bertz CT molecular complexity index is 124. The molecule has 1 aliphatic heterocycles. The molecule has 0 N–H and O–H groups in total. The van der Waals surface area contributed by atoms with Crippen LogP contribution < -0.4 is 0 Å². The summed E-state index contributed by atoms with van der Waals surface area (Å²) in [5.41, 5.74) is 0.211. The van der Waals surface area contributed by atoms with Crippen molar-refractivity contribution in [2.75, 3.05) is 26.4 Å². The van der Waals surface area contributed by atoms with Gasteiger partial charge in [0.1, 0.15) is 12.9 Å². The average molecular weight is 158 g/mol. The van der Waals surface area contributed by atoms with Crippen LogP contribution in [-0.2, 0) is 14.3 Å². The van der Waals surface area contributed by atoms with Crippen LogP contribution in [0.5, 0.6) is 0 Å². The van der Waals surface area contributed by atoms with Gasteiger partial charge in [0, 0.05) is 5.41 Å². The van der Waals surface area contributed by atoms with Crippen LogP contribution in [0.4, 0.5) is 0 Å². The Morgan fingerprint density at radius 3 is 2.73 bits per heavy atom. The summed E-state index contributed by atoms with van der Waals surface area (Å²) in [4.78, 5) is 9.93. The quantitative estimate of drug-likeness (QED) is 0.435. The summed E-state index contributed by atoms with van der Waals surface area (Å²) < 4.78 is 10.2. The maximum Gasteiger partial charge on any atom is 0.145 e. The normalized spacial score (nSPS) is 20.8. The van der Waals surface area contributed by atoms with E-state index < -0.39 is 0 Å². The van der Waals surface area contributed by atoms with E-state index in [9.17, 15) is 4.79 Å². The van der Waals surface area contributed by atoms with Crippen molar-refractivity contribution in [1.82, 2.24) is 0 Å². The lowest BCUT2D eigenvalue weighted by atomic mass is 9.84. The van der Waals surface area contributed by atoms with Gasteiger partial charge >= 0.3 is 0 Å². The second kappa shape index (κ2) is 3.83. The molecule has 1 aliphatic rings. The number of carbonyl (C=O) groups excluding carboxylic acids is 1. The minimum Gasteiger partial charge on any atom is -0.380 e. The van der Waals surface area contributed by atoms with E-state index >= 15 is 0 Å². The van der Waals surface area contributed by atoms with Crippen LogP contribution in [-0.4, -0.2) is 32.7 Å². The van der Waals surface area contributed by atoms with Crippen molar-refractivity contribution in [3.63, 3.8) is 0 Å². The highest BCUT2D eigenvalue weighted by Crippen LogP contribution is 2.31. The zero-order valence-corrected chi connectivity index (χ0v) is 6.84. The molecule has 0 bridgehead atoms. The third kappa shape index (κ3) is 2.01. The smallest absolute Gasteiger partial charge is 0.145 e. The molecule has 0 aromatic heterocycles. The van der Waals surface area contributed by atoms with Crippen molar-refractivity contribution in [3.8, 4) is 0 Å². The second-order valence-corrected chi connectivity index (χ2v) is 3.03. The Hall–Kier alpha value is -0.410. The molecule has 1 saturated heterocycles. The Balaban J connectivity index is 2.16. The molecule has 0 atom stereocenters. The molecular weight excluding hydrogens is 144 g/mol. The van der Waals surface area contributed by atoms with Crippen molar-refractivity contribution in [2.45, 2.75) is 13.3 Å². The number of ether oxygens (including phenoxy) is 2. The van der Waals surface area contributed by atoms with Crippen LogP contribution in [0.1, 0.15) is 13.3 Å². The van der Waals surface area contributed by atoms with Gasteiger partial charge in [-0.3, -0.25) is 0 Å². The molecule has 1 rings (SSSR count). The van der Waals surface area contributed by atoms with Gasteiger partial charge in [-0.15, -0.1) is 0 Å². The summed E-state index contributed by atoms with van der Waals surface area (Å²) in [5, 5.41) is 0.